The van der Waals surface area contributed by atoms with Crippen LogP contribution in [-0.4, -0.2) is 9.52 Å². The Morgan fingerprint density at radius 1 is 0.578 bits per heavy atom. The minimum absolute atomic E-state index is 0.826. The van der Waals surface area contributed by atoms with Crippen LogP contribution in [0, 0.1) is 34.6 Å². The Balaban J connectivity index is 0.000000199. The van der Waals surface area contributed by atoms with Crippen molar-refractivity contribution in [1.29, 1.82) is 0 Å². The molecule has 0 bridgehead atoms. The van der Waals surface area contributed by atoms with Crippen molar-refractivity contribution in [1.82, 2.24) is 0 Å². The molecule has 232 valence electrons. The summed E-state index contributed by atoms with van der Waals surface area (Å²) in [5.74, 6) is 0. The average molecular weight is 729 g/mol. The molecule has 6 rings (SSSR count). The molecular weight excluding hydrogens is 683 g/mol. The van der Waals surface area contributed by atoms with Gasteiger partial charge in [-0.15, -0.1) is 69.1 Å². The third-order valence-corrected chi connectivity index (χ3v) is 8.68. The molecule has 4 heteroatoms. The van der Waals surface area contributed by atoms with Gasteiger partial charge in [-0.2, -0.15) is 12.1 Å². The number of fused-ring (bicyclic) bond motifs is 2. The molecule has 0 N–H and O–H groups in total. The van der Waals surface area contributed by atoms with E-state index in [-0.39, 0.29) is 0 Å². The fourth-order valence-electron chi connectivity index (χ4n) is 5.90. The molecule has 0 aromatic heterocycles. The number of aryl methyl sites for hydroxylation is 6. The van der Waals surface area contributed by atoms with E-state index in [1.54, 1.807) is 0 Å². The summed E-state index contributed by atoms with van der Waals surface area (Å²) in [4.78, 5) is 0. The summed E-state index contributed by atoms with van der Waals surface area (Å²) in [6, 6.07) is 38.6. The van der Waals surface area contributed by atoms with Gasteiger partial charge < -0.3 is 0 Å². The van der Waals surface area contributed by atoms with Gasteiger partial charge >= 0.3 is 37.9 Å². The molecule has 0 spiro atoms. The van der Waals surface area contributed by atoms with E-state index in [1.807, 2.05) is 0 Å². The minimum atomic E-state index is -0.826. The van der Waals surface area contributed by atoms with Gasteiger partial charge in [0, 0.05) is 9.52 Å². The van der Waals surface area contributed by atoms with Crippen molar-refractivity contribution < 1.29 is 20.8 Å². The number of benzene rings is 4. The quantitative estimate of drug-likeness (QED) is 0.122. The van der Waals surface area contributed by atoms with Gasteiger partial charge in [0.1, 0.15) is 0 Å². The Labute approximate surface area is 293 Å². The van der Waals surface area contributed by atoms with Crippen molar-refractivity contribution in [2.24, 2.45) is 0 Å². The van der Waals surface area contributed by atoms with Gasteiger partial charge in [-0.25, -0.2) is 0 Å². The maximum atomic E-state index is 4.93. The maximum absolute atomic E-state index is 4.93. The monoisotopic (exact) mass is 726 g/mol. The molecule has 0 saturated carbocycles. The molecule has 0 aliphatic carbocycles. The van der Waals surface area contributed by atoms with Crippen molar-refractivity contribution in [2.75, 3.05) is 0 Å². The Bertz CT molecular complexity index is 1750. The summed E-state index contributed by atoms with van der Waals surface area (Å²) in [6.45, 7) is 17.5. The van der Waals surface area contributed by atoms with E-state index in [0.717, 1.165) is 6.42 Å². The number of hydrogen-bond donors (Lipinski definition) is 0. The normalized spacial score (nSPS) is 10.3. The van der Waals surface area contributed by atoms with Gasteiger partial charge in [-0.1, -0.05) is 122 Å². The van der Waals surface area contributed by atoms with Crippen LogP contribution in [0.15, 0.2) is 97.1 Å². The van der Waals surface area contributed by atoms with Crippen LogP contribution < -0.4 is 0 Å². The zero-order valence-electron chi connectivity index (χ0n) is 28.1. The fourth-order valence-corrected chi connectivity index (χ4v) is 6.40. The van der Waals surface area contributed by atoms with Crippen LogP contribution in [-0.2, 0) is 27.3 Å². The van der Waals surface area contributed by atoms with Crippen LogP contribution in [0.5, 0.6) is 0 Å². The van der Waals surface area contributed by atoms with Gasteiger partial charge in [-0.05, 0) is 45.2 Å². The number of halogens is 2. The first-order chi connectivity index (χ1) is 21.6. The molecule has 6 aromatic rings. The summed E-state index contributed by atoms with van der Waals surface area (Å²) < 4.78 is 0. The zero-order valence-corrected chi connectivity index (χ0v) is 33.1. The van der Waals surface area contributed by atoms with Crippen LogP contribution in [0.1, 0.15) is 54.2 Å². The van der Waals surface area contributed by atoms with Crippen LogP contribution in [0.4, 0.5) is 0 Å². The van der Waals surface area contributed by atoms with Crippen molar-refractivity contribution in [3.8, 4) is 22.3 Å². The molecule has 0 heterocycles. The molecular formula is C41H46Cl2SiZr. The van der Waals surface area contributed by atoms with E-state index >= 15 is 0 Å². The van der Waals surface area contributed by atoms with E-state index in [1.165, 1.54) is 98.8 Å². The molecule has 45 heavy (non-hydrogen) atoms. The van der Waals surface area contributed by atoms with Gasteiger partial charge in [0.2, 0.25) is 0 Å². The molecule has 0 unspecified atom stereocenters. The SMILES string of the molecule is CC[Si]CC.CCc1cc2c(-c3cc(C)cc(C)c3)cccc2[cH-]1.Cc1cc(C)cc(-c2cccc3[cH-]c(C)cc23)c1.[Cl][Zr+2][Cl]. The van der Waals surface area contributed by atoms with Gasteiger partial charge in [-0.3, -0.25) is 0 Å². The van der Waals surface area contributed by atoms with Gasteiger partial charge in [0.15, 0.2) is 0 Å². The molecule has 6 aromatic carbocycles. The molecule has 0 amide bonds. The Morgan fingerprint density at radius 2 is 1.00 bits per heavy atom. The van der Waals surface area contributed by atoms with Crippen molar-refractivity contribution in [3.05, 3.63) is 130 Å². The summed E-state index contributed by atoms with van der Waals surface area (Å²) in [5, 5.41) is 5.43. The first-order valence-corrected chi connectivity index (χ1v) is 23.6. The Hall–Kier alpha value is -2.22. The van der Waals surface area contributed by atoms with Crippen molar-refractivity contribution in [3.63, 3.8) is 0 Å². The second-order valence-corrected chi connectivity index (χ2v) is 17.3. The second-order valence-electron chi connectivity index (χ2n) is 11.6. The third-order valence-electron chi connectivity index (χ3n) is 7.68. The predicted octanol–water partition coefficient (Wildman–Crippen LogP) is 13.5. The molecule has 0 aliphatic heterocycles. The van der Waals surface area contributed by atoms with E-state index in [2.05, 4.69) is 152 Å². The Kier molecular flexibility index (Phi) is 15.6. The number of rotatable bonds is 5. The fraction of sp³-hybridized carbons (Fsp3) is 0.268. The van der Waals surface area contributed by atoms with E-state index < -0.39 is 20.8 Å². The molecule has 0 nitrogen and oxygen atoms in total. The summed E-state index contributed by atoms with van der Waals surface area (Å²) in [7, 11) is 11.1. The summed E-state index contributed by atoms with van der Waals surface area (Å²) in [6.07, 6.45) is 1.10. The standard InChI is InChI=1S/C19H19.C18H17.C4H10Si.2ClH.Zr/c1-4-15-11-16-6-5-7-18(19(16)12-15)17-9-13(2)8-14(3)10-17;1-12-7-13(2)10-16(9-12)17-6-4-5-15-8-14(3)11-18(15)17;1-3-5-4-2;;;/h5-12H,4H2,1-3H3;4-11H,1-3H3;3-4H2,1-2H3;2*1H;/q2*-1;;;;+4/p-2. The molecule has 0 saturated heterocycles. The van der Waals surface area contributed by atoms with Crippen LogP contribution >= 0.6 is 17.0 Å². The van der Waals surface area contributed by atoms with Gasteiger partial charge in [0.25, 0.3) is 0 Å². The molecule has 0 atom stereocenters. The third kappa shape index (κ3) is 10.9. The Morgan fingerprint density at radius 3 is 1.40 bits per heavy atom. The summed E-state index contributed by atoms with van der Waals surface area (Å²) in [5.41, 5.74) is 13.4. The van der Waals surface area contributed by atoms with Crippen LogP contribution in [0.25, 0.3) is 43.8 Å². The number of hydrogen-bond acceptors (Lipinski definition) is 0. The molecule has 0 aliphatic rings. The topological polar surface area (TPSA) is 0 Å². The van der Waals surface area contributed by atoms with E-state index in [9.17, 15) is 0 Å². The van der Waals surface area contributed by atoms with E-state index in [4.69, 9.17) is 17.0 Å². The average Bonchev–Trinajstić information content (AvgIpc) is 3.60. The molecule has 0 fully saturated rings. The predicted molar refractivity (Wildman–Crippen MR) is 201 cm³/mol. The first kappa shape index (κ1) is 37.2. The first-order valence-electron chi connectivity index (χ1n) is 15.8. The van der Waals surface area contributed by atoms with Crippen LogP contribution in [0.2, 0.25) is 12.1 Å². The summed E-state index contributed by atoms with van der Waals surface area (Å²) >= 11 is -0.826. The van der Waals surface area contributed by atoms with Gasteiger partial charge in [0.05, 0.1) is 0 Å². The zero-order chi connectivity index (χ0) is 32.9. The second kappa shape index (κ2) is 18.8. The molecule has 2 radical (unpaired) electrons. The van der Waals surface area contributed by atoms with Crippen molar-refractivity contribution in [2.45, 2.75) is 73.9 Å². The van der Waals surface area contributed by atoms with Crippen LogP contribution in [0.3, 0.4) is 0 Å². The van der Waals surface area contributed by atoms with E-state index in [0.29, 0.717) is 0 Å². The van der Waals surface area contributed by atoms with Crippen molar-refractivity contribution >= 4 is 48.1 Å².